The molecule has 0 bridgehead atoms. The lowest BCUT2D eigenvalue weighted by atomic mass is 10.0. The maximum absolute atomic E-state index is 13.5. The van der Waals surface area contributed by atoms with Crippen molar-refractivity contribution in [3.63, 3.8) is 0 Å². The van der Waals surface area contributed by atoms with Gasteiger partial charge in [0.25, 0.3) is 5.91 Å². The van der Waals surface area contributed by atoms with Crippen LogP contribution in [-0.4, -0.2) is 30.7 Å². The lowest BCUT2D eigenvalue weighted by Crippen LogP contribution is -2.21. The van der Waals surface area contributed by atoms with E-state index in [4.69, 9.17) is 10.1 Å². The monoisotopic (exact) mass is 450 g/mol. The second-order valence-corrected chi connectivity index (χ2v) is 8.69. The Balaban J connectivity index is 1.54. The molecule has 0 aliphatic carbocycles. The zero-order valence-corrected chi connectivity index (χ0v) is 19.2. The van der Waals surface area contributed by atoms with Crippen molar-refractivity contribution in [2.75, 3.05) is 24.0 Å². The molecule has 0 N–H and O–H groups in total. The van der Waals surface area contributed by atoms with Gasteiger partial charge >= 0.3 is 0 Å². The van der Waals surface area contributed by atoms with Crippen LogP contribution in [0.4, 0.5) is 10.8 Å². The molecule has 2 heterocycles. The summed E-state index contributed by atoms with van der Waals surface area (Å²) in [5.74, 6) is -0.181. The highest BCUT2D eigenvalue weighted by Gasteiger charge is 2.33. The lowest BCUT2D eigenvalue weighted by Gasteiger charge is -2.12. The first-order valence-corrected chi connectivity index (χ1v) is 11.5. The van der Waals surface area contributed by atoms with Crippen LogP contribution in [-0.2, 0) is 4.79 Å². The van der Waals surface area contributed by atoms with Crippen LogP contribution < -0.4 is 9.91 Å². The number of carbonyl (C=O) groups is 1. The minimum atomic E-state index is -0.181. The largest absolute Gasteiger partial charge is 0.378 e. The highest BCUT2D eigenvalue weighted by Crippen LogP contribution is 2.33. The second-order valence-electron chi connectivity index (χ2n) is 7.86. The van der Waals surface area contributed by atoms with E-state index in [1.807, 2.05) is 115 Å². The summed E-state index contributed by atoms with van der Waals surface area (Å²) in [5.41, 5.74) is 5.98. The van der Waals surface area contributed by atoms with Gasteiger partial charge in [0.05, 0.1) is 11.3 Å². The molecule has 1 aliphatic heterocycles. The van der Waals surface area contributed by atoms with E-state index < -0.39 is 0 Å². The van der Waals surface area contributed by atoms with Gasteiger partial charge < -0.3 is 4.90 Å². The fourth-order valence-electron chi connectivity index (χ4n) is 3.62. The topological polar surface area (TPSA) is 48.8 Å². The second kappa shape index (κ2) is 8.84. The van der Waals surface area contributed by atoms with Crippen molar-refractivity contribution in [3.8, 4) is 11.3 Å². The first-order valence-electron chi connectivity index (χ1n) is 10.6. The van der Waals surface area contributed by atoms with E-state index in [0.29, 0.717) is 16.4 Å². The Morgan fingerprint density at radius 1 is 0.848 bits per heavy atom. The molecule has 0 radical (unpaired) electrons. The van der Waals surface area contributed by atoms with Gasteiger partial charge in [0.2, 0.25) is 5.13 Å². The predicted octanol–water partition coefficient (Wildman–Crippen LogP) is 5.71. The zero-order valence-electron chi connectivity index (χ0n) is 18.3. The average molecular weight is 451 g/mol. The van der Waals surface area contributed by atoms with Crippen LogP contribution in [0.5, 0.6) is 0 Å². The number of aromatic nitrogens is 1. The van der Waals surface area contributed by atoms with E-state index in [1.165, 1.54) is 16.3 Å². The van der Waals surface area contributed by atoms with Crippen LogP contribution in [0.2, 0.25) is 0 Å². The van der Waals surface area contributed by atoms with Crippen molar-refractivity contribution < 1.29 is 4.79 Å². The molecule has 0 fully saturated rings. The molecule has 0 unspecified atom stereocenters. The molecule has 1 aliphatic rings. The third-order valence-corrected chi connectivity index (χ3v) is 6.20. The average Bonchev–Trinajstić information content (AvgIpc) is 3.46. The van der Waals surface area contributed by atoms with Gasteiger partial charge in [-0.15, -0.1) is 11.3 Å². The molecule has 0 spiro atoms. The molecule has 5 rings (SSSR count). The first kappa shape index (κ1) is 20.8. The van der Waals surface area contributed by atoms with Crippen molar-refractivity contribution in [3.05, 3.63) is 107 Å². The van der Waals surface area contributed by atoms with Crippen LogP contribution in [0.1, 0.15) is 11.1 Å². The van der Waals surface area contributed by atoms with Crippen LogP contribution in [0, 0.1) is 0 Å². The number of hydrogen-bond acceptors (Lipinski definition) is 5. The van der Waals surface area contributed by atoms with E-state index in [-0.39, 0.29) is 5.91 Å². The van der Waals surface area contributed by atoms with Crippen molar-refractivity contribution in [1.82, 2.24) is 4.98 Å². The van der Waals surface area contributed by atoms with Crippen LogP contribution in [0.15, 0.2) is 101 Å². The number of hydrazone groups is 1. The summed E-state index contributed by atoms with van der Waals surface area (Å²) < 4.78 is 0. The van der Waals surface area contributed by atoms with E-state index in [9.17, 15) is 4.79 Å². The van der Waals surface area contributed by atoms with Gasteiger partial charge in [-0.1, -0.05) is 72.8 Å². The van der Waals surface area contributed by atoms with Gasteiger partial charge in [-0.2, -0.15) is 10.1 Å². The van der Waals surface area contributed by atoms with Crippen molar-refractivity contribution in [2.45, 2.75) is 0 Å². The third kappa shape index (κ3) is 4.21. The number of rotatable bonds is 5. The van der Waals surface area contributed by atoms with E-state index in [0.717, 1.165) is 28.1 Å². The van der Waals surface area contributed by atoms with E-state index >= 15 is 0 Å². The number of anilines is 2. The Hall–Kier alpha value is -4.03. The summed E-state index contributed by atoms with van der Waals surface area (Å²) in [7, 11) is 4.01. The summed E-state index contributed by atoms with van der Waals surface area (Å²) in [6.45, 7) is 0. The number of thiazole rings is 1. The fraction of sp³-hybridized carbons (Fsp3) is 0.0741. The SMILES string of the molecule is CN(C)c1ccc(/C=C2/C(=O)N(c3nc(-c4ccccc4)cs3)N=C2c2ccccc2)cc1. The zero-order chi connectivity index (χ0) is 22.8. The smallest absolute Gasteiger partial charge is 0.283 e. The maximum atomic E-state index is 13.5. The third-order valence-electron chi connectivity index (χ3n) is 5.39. The molecular weight excluding hydrogens is 428 g/mol. The Labute approximate surface area is 197 Å². The molecule has 0 saturated carbocycles. The number of benzene rings is 3. The Bertz CT molecular complexity index is 1340. The molecule has 33 heavy (non-hydrogen) atoms. The van der Waals surface area contributed by atoms with Crippen molar-refractivity contribution in [2.24, 2.45) is 5.10 Å². The molecule has 1 aromatic heterocycles. The summed E-state index contributed by atoms with van der Waals surface area (Å²) in [5, 5.41) is 8.64. The molecule has 3 aromatic carbocycles. The maximum Gasteiger partial charge on any atom is 0.283 e. The van der Waals surface area contributed by atoms with Gasteiger partial charge in [-0.05, 0) is 23.8 Å². The lowest BCUT2D eigenvalue weighted by molar-refractivity contribution is -0.114. The molecular formula is C27H22N4OS. The quantitative estimate of drug-likeness (QED) is 0.366. The van der Waals surface area contributed by atoms with Crippen molar-refractivity contribution >= 4 is 39.9 Å². The fourth-order valence-corrected chi connectivity index (χ4v) is 4.40. The number of amides is 1. The minimum absolute atomic E-state index is 0.181. The highest BCUT2D eigenvalue weighted by molar-refractivity contribution is 7.14. The predicted molar refractivity (Wildman–Crippen MR) is 137 cm³/mol. The van der Waals surface area contributed by atoms with Gasteiger partial charge in [0, 0.05) is 36.3 Å². The molecule has 4 aromatic rings. The molecule has 6 heteroatoms. The minimum Gasteiger partial charge on any atom is -0.378 e. The summed E-state index contributed by atoms with van der Waals surface area (Å²) >= 11 is 1.41. The Morgan fingerprint density at radius 3 is 2.12 bits per heavy atom. The van der Waals surface area contributed by atoms with Gasteiger partial charge in [-0.25, -0.2) is 4.98 Å². The van der Waals surface area contributed by atoms with Crippen LogP contribution in [0.25, 0.3) is 17.3 Å². The number of carbonyl (C=O) groups excluding carboxylic acids is 1. The van der Waals surface area contributed by atoms with E-state index in [1.54, 1.807) is 0 Å². The summed E-state index contributed by atoms with van der Waals surface area (Å²) in [6.07, 6.45) is 1.90. The van der Waals surface area contributed by atoms with Crippen LogP contribution in [0.3, 0.4) is 0 Å². The van der Waals surface area contributed by atoms with Gasteiger partial charge in [0.1, 0.15) is 5.71 Å². The molecule has 0 atom stereocenters. The first-order chi connectivity index (χ1) is 16.1. The number of nitrogens with zero attached hydrogens (tertiary/aromatic N) is 4. The van der Waals surface area contributed by atoms with E-state index in [2.05, 4.69) is 0 Å². The normalized spacial score (nSPS) is 14.6. The van der Waals surface area contributed by atoms with Gasteiger partial charge in [-0.3, -0.25) is 4.79 Å². The number of hydrogen-bond donors (Lipinski definition) is 0. The van der Waals surface area contributed by atoms with Gasteiger partial charge in [0.15, 0.2) is 0 Å². The van der Waals surface area contributed by atoms with Crippen molar-refractivity contribution in [1.29, 1.82) is 0 Å². The highest BCUT2D eigenvalue weighted by atomic mass is 32.1. The molecule has 5 nitrogen and oxygen atoms in total. The molecule has 0 saturated heterocycles. The standard InChI is InChI=1S/C27H22N4OS/c1-30(2)22-15-13-19(14-16-22)17-23-25(21-11-7-4-8-12-21)29-31(26(23)32)27-28-24(18-33-27)20-9-5-3-6-10-20/h3-18H,1-2H3/b23-17+. The Kier molecular flexibility index (Phi) is 5.59. The summed E-state index contributed by atoms with van der Waals surface area (Å²) in [6, 6.07) is 27.8. The van der Waals surface area contributed by atoms with Crippen LogP contribution >= 0.6 is 11.3 Å². The molecule has 162 valence electrons. The molecule has 1 amide bonds. The Morgan fingerprint density at radius 2 is 1.48 bits per heavy atom. The summed E-state index contributed by atoms with van der Waals surface area (Å²) in [4.78, 5) is 20.3.